The van der Waals surface area contributed by atoms with Gasteiger partial charge in [0.15, 0.2) is 5.75 Å². The number of nitrogens with zero attached hydrogens (tertiary/aromatic N) is 4. The van der Waals surface area contributed by atoms with Crippen LogP contribution >= 0.6 is 11.6 Å². The number of sulfonamides is 1. The van der Waals surface area contributed by atoms with Gasteiger partial charge >= 0.3 is 6.36 Å². The highest BCUT2D eigenvalue weighted by Gasteiger charge is 2.34. The van der Waals surface area contributed by atoms with E-state index in [1.54, 1.807) is 6.92 Å². The number of benzene rings is 1. The number of tetrazole rings is 1. The van der Waals surface area contributed by atoms with Gasteiger partial charge < -0.3 is 4.74 Å². The molecule has 0 unspecified atom stereocenters. The van der Waals surface area contributed by atoms with Crippen LogP contribution in [-0.4, -0.2) is 46.1 Å². The normalized spacial score (nSPS) is 12.1. The summed E-state index contributed by atoms with van der Waals surface area (Å²) in [6, 6.07) is 1.72. The number of rotatable bonds is 7. The third kappa shape index (κ3) is 5.47. The van der Waals surface area contributed by atoms with Gasteiger partial charge in [0.05, 0.1) is 15.8 Å². The van der Waals surface area contributed by atoms with E-state index in [4.69, 9.17) is 11.6 Å². The zero-order chi connectivity index (χ0) is 22.0. The molecule has 10 nitrogen and oxygen atoms in total. The molecule has 0 saturated carbocycles. The molecule has 0 aliphatic heterocycles. The molecule has 1 heterocycles. The summed E-state index contributed by atoms with van der Waals surface area (Å²) in [7, 11) is -4.10. The van der Waals surface area contributed by atoms with Gasteiger partial charge in [0.25, 0.3) is 5.91 Å². The number of amides is 1. The molecule has 0 aliphatic rings. The Hall–Kier alpha value is -2.61. The van der Waals surface area contributed by atoms with Crippen LogP contribution in [0, 0.1) is 0 Å². The van der Waals surface area contributed by atoms with Crippen LogP contribution in [0.1, 0.15) is 31.1 Å². The molecule has 2 N–H and O–H groups in total. The van der Waals surface area contributed by atoms with E-state index in [0.717, 1.165) is 12.1 Å². The first-order chi connectivity index (χ1) is 13.4. The first-order valence-electron chi connectivity index (χ1n) is 8.03. The van der Waals surface area contributed by atoms with E-state index < -0.39 is 44.0 Å². The summed E-state index contributed by atoms with van der Waals surface area (Å²) < 4.78 is 69.4. The number of aromatic nitrogens is 4. The maximum Gasteiger partial charge on any atom is 0.573 e. The van der Waals surface area contributed by atoms with Crippen molar-refractivity contribution in [3.8, 4) is 5.75 Å². The number of hydrogen-bond acceptors (Lipinski definition) is 7. The van der Waals surface area contributed by atoms with Crippen LogP contribution in [0.2, 0.25) is 5.02 Å². The summed E-state index contributed by atoms with van der Waals surface area (Å²) in [6.07, 6.45) is -5.12. The molecule has 160 valence electrons. The summed E-state index contributed by atoms with van der Waals surface area (Å²) in [5.41, 5.74) is -1.05. The van der Waals surface area contributed by atoms with Gasteiger partial charge in [0.1, 0.15) is 5.69 Å². The van der Waals surface area contributed by atoms with Crippen molar-refractivity contribution in [2.75, 3.05) is 10.0 Å². The summed E-state index contributed by atoms with van der Waals surface area (Å²) in [6.45, 7) is 4.65. The molecule has 0 bridgehead atoms. The number of nitrogens with one attached hydrogen (secondary N) is 2. The molecular formula is C14H16ClF3N6O4S. The molecule has 0 spiro atoms. The van der Waals surface area contributed by atoms with Crippen molar-refractivity contribution in [1.82, 2.24) is 20.2 Å². The second-order valence-corrected chi connectivity index (χ2v) is 8.43. The maximum absolute atomic E-state index is 12.7. The van der Waals surface area contributed by atoms with E-state index in [-0.39, 0.29) is 11.5 Å². The van der Waals surface area contributed by atoms with E-state index in [9.17, 15) is 26.4 Å². The molecule has 0 radical (unpaired) electrons. The quantitative estimate of drug-likeness (QED) is 0.655. The summed E-state index contributed by atoms with van der Waals surface area (Å²) in [5, 5.41) is 11.3. The van der Waals surface area contributed by atoms with E-state index in [0.29, 0.717) is 6.54 Å². The average Bonchev–Trinajstić information content (AvgIpc) is 3.03. The van der Waals surface area contributed by atoms with E-state index in [1.807, 2.05) is 4.72 Å². The first kappa shape index (κ1) is 22.7. The van der Waals surface area contributed by atoms with Gasteiger partial charge in [-0.15, -0.1) is 13.2 Å². The molecule has 1 amide bonds. The van der Waals surface area contributed by atoms with Crippen molar-refractivity contribution in [2.45, 2.75) is 38.9 Å². The fourth-order valence-electron chi connectivity index (χ4n) is 1.97. The van der Waals surface area contributed by atoms with Gasteiger partial charge in [-0.05, 0) is 43.3 Å². The van der Waals surface area contributed by atoms with Gasteiger partial charge in [-0.1, -0.05) is 16.7 Å². The van der Waals surface area contributed by atoms with E-state index in [1.165, 1.54) is 18.5 Å². The molecule has 1 aromatic carbocycles. The molecule has 29 heavy (non-hydrogen) atoms. The predicted octanol–water partition coefficient (Wildman–Crippen LogP) is 2.65. The highest BCUT2D eigenvalue weighted by Crippen LogP contribution is 2.39. The monoisotopic (exact) mass is 456 g/mol. The number of ether oxygens (including phenoxy) is 1. The molecule has 1 aromatic heterocycles. The van der Waals surface area contributed by atoms with Crippen LogP contribution < -0.4 is 14.8 Å². The van der Waals surface area contributed by atoms with Crippen LogP contribution in [-0.2, 0) is 16.6 Å². The van der Waals surface area contributed by atoms with Crippen LogP contribution in [0.15, 0.2) is 12.1 Å². The Labute approximate surface area is 168 Å². The van der Waals surface area contributed by atoms with Crippen molar-refractivity contribution < 1.29 is 31.1 Å². The minimum absolute atomic E-state index is 0.0338. The Morgan fingerprint density at radius 3 is 2.55 bits per heavy atom. The number of carbonyl (C=O) groups is 1. The third-order valence-corrected chi connectivity index (χ3v) is 5.62. The van der Waals surface area contributed by atoms with Crippen molar-refractivity contribution in [1.29, 1.82) is 0 Å². The third-order valence-electron chi connectivity index (χ3n) is 3.50. The van der Waals surface area contributed by atoms with Crippen molar-refractivity contribution in [3.63, 3.8) is 0 Å². The smallest absolute Gasteiger partial charge is 0.403 e. The van der Waals surface area contributed by atoms with Crippen molar-refractivity contribution in [2.24, 2.45) is 0 Å². The van der Waals surface area contributed by atoms with Gasteiger partial charge in [0, 0.05) is 6.54 Å². The highest BCUT2D eigenvalue weighted by molar-refractivity contribution is 7.93. The van der Waals surface area contributed by atoms with Crippen LogP contribution in [0.25, 0.3) is 0 Å². The topological polar surface area (TPSA) is 128 Å². The van der Waals surface area contributed by atoms with Crippen molar-refractivity contribution >= 4 is 39.2 Å². The second kappa shape index (κ2) is 8.41. The number of carbonyl (C=O) groups excluding carboxylic acids is 1. The maximum atomic E-state index is 12.7. The zero-order valence-electron chi connectivity index (χ0n) is 15.3. The lowest BCUT2D eigenvalue weighted by atomic mass is 10.1. The van der Waals surface area contributed by atoms with Gasteiger partial charge in [-0.25, -0.2) is 13.1 Å². The standard InChI is InChI=1S/C14H16ClF3N6O4S/c1-4-24-13(20-22-23-24)19-12(25)8-5-6-9(28-14(16,17)18)11(10(8)15)21-29(26,27)7(2)3/h5-7,21H,4H2,1-3H3,(H,19,20,23,25). The number of halogens is 4. The lowest BCUT2D eigenvalue weighted by Crippen LogP contribution is -2.25. The summed E-state index contributed by atoms with van der Waals surface area (Å²) >= 11 is 6.07. The largest absolute Gasteiger partial charge is 0.573 e. The number of anilines is 2. The zero-order valence-corrected chi connectivity index (χ0v) is 16.9. The van der Waals surface area contributed by atoms with Crippen molar-refractivity contribution in [3.05, 3.63) is 22.7 Å². The van der Waals surface area contributed by atoms with Gasteiger partial charge in [0.2, 0.25) is 16.0 Å². The number of hydrogen-bond donors (Lipinski definition) is 2. The molecule has 0 saturated heterocycles. The molecule has 0 atom stereocenters. The fourth-order valence-corrected chi connectivity index (χ4v) is 3.04. The van der Waals surface area contributed by atoms with Gasteiger partial charge in [-0.3, -0.25) is 14.8 Å². The van der Waals surface area contributed by atoms with Gasteiger partial charge in [-0.2, -0.15) is 0 Å². The Bertz CT molecular complexity index is 1010. The molecule has 2 rings (SSSR count). The Balaban J connectivity index is 2.49. The lowest BCUT2D eigenvalue weighted by molar-refractivity contribution is -0.274. The van der Waals surface area contributed by atoms with Crippen LogP contribution in [0.3, 0.4) is 0 Å². The molecule has 2 aromatic rings. The lowest BCUT2D eigenvalue weighted by Gasteiger charge is -2.19. The second-order valence-electron chi connectivity index (χ2n) is 5.82. The average molecular weight is 457 g/mol. The predicted molar refractivity (Wildman–Crippen MR) is 97.3 cm³/mol. The first-order valence-corrected chi connectivity index (χ1v) is 9.95. The Morgan fingerprint density at radius 1 is 1.34 bits per heavy atom. The van der Waals surface area contributed by atoms with Crippen LogP contribution in [0.5, 0.6) is 5.75 Å². The number of aryl methyl sites for hydroxylation is 1. The summed E-state index contributed by atoms with van der Waals surface area (Å²) in [5.74, 6) is -1.82. The fraction of sp³-hybridized carbons (Fsp3) is 0.429. The molecule has 0 aliphatic carbocycles. The van der Waals surface area contributed by atoms with E-state index >= 15 is 0 Å². The molecular weight excluding hydrogens is 441 g/mol. The highest BCUT2D eigenvalue weighted by atomic mass is 35.5. The molecule has 0 fully saturated rings. The molecule has 15 heteroatoms. The summed E-state index contributed by atoms with van der Waals surface area (Å²) in [4.78, 5) is 12.5. The Kier molecular flexibility index (Phi) is 6.57. The SMILES string of the molecule is CCn1nnnc1NC(=O)c1ccc(OC(F)(F)F)c(NS(=O)(=O)C(C)C)c1Cl. The van der Waals surface area contributed by atoms with E-state index in [2.05, 4.69) is 25.6 Å². The number of alkyl halides is 3. The minimum atomic E-state index is -5.12. The minimum Gasteiger partial charge on any atom is -0.403 e. The Morgan fingerprint density at radius 2 is 2.00 bits per heavy atom. The van der Waals surface area contributed by atoms with Crippen LogP contribution in [0.4, 0.5) is 24.8 Å².